The van der Waals surface area contributed by atoms with E-state index in [-0.39, 0.29) is 64.5 Å². The number of carbonyl (C=O) groups excluding carboxylic acids is 7. The van der Waals surface area contributed by atoms with Gasteiger partial charge in [0.25, 0.3) is 0 Å². The monoisotopic (exact) mass is 1110 g/mol. The van der Waals surface area contributed by atoms with Gasteiger partial charge in [-0.2, -0.15) is 0 Å². The molecule has 1 aromatic heterocycles. The standard InChI is InChI=1S/C61H74N10O10/c1-39(72)54(61(81)70-51(36-43-25-12-5-13-26-43)59(79)68-49(34-41-21-8-3-9-22-41)56(76)64-32-18-30-53(73)74)71-57(77)48(29-16-17-31-62)66-60(80)52(37-44-38-65-47-28-15-14-27-45(44)47)69-58(78)50(35-42-23-10-4-11-24-42)67-55(75)46(63)33-40-19-6-2-7-20-40/h2-15,19-28,38-39,46,48-52,54,65,72H,16-18,29-37,62-63H2,1H3,(H,64,76)(H,66,80)(H,67,75)(H,68,79)(H,69,78)(H,70,81)(H,71,77)(H,73,74)/t39-,46+,48+,49+,50+,51+,52-,54+/m1/s1. The summed E-state index contributed by atoms with van der Waals surface area (Å²) in [6.07, 6.45) is 1.08. The van der Waals surface area contributed by atoms with Crippen LogP contribution in [0, 0.1) is 0 Å². The average Bonchev–Trinajstić information content (AvgIpc) is 4.04. The number of amides is 7. The van der Waals surface area contributed by atoms with Gasteiger partial charge in [0.05, 0.1) is 12.1 Å². The highest BCUT2D eigenvalue weighted by Crippen LogP contribution is 2.20. The van der Waals surface area contributed by atoms with Crippen LogP contribution in [0.2, 0.25) is 0 Å². The molecule has 1 heterocycles. The quantitative estimate of drug-likeness (QED) is 0.0271. The number of aliphatic hydroxyl groups excluding tert-OH is 1. The number of hydrogen-bond donors (Lipinski definition) is 12. The number of fused-ring (bicyclic) bond motifs is 1. The lowest BCUT2D eigenvalue weighted by molar-refractivity contribution is -0.137. The number of para-hydroxylation sites is 1. The van der Waals surface area contributed by atoms with E-state index in [9.17, 15) is 43.5 Å². The molecule has 20 nitrogen and oxygen atoms in total. The molecular weight excluding hydrogens is 1030 g/mol. The molecule has 6 aromatic rings. The fourth-order valence-corrected chi connectivity index (χ4v) is 9.22. The van der Waals surface area contributed by atoms with Gasteiger partial charge in [-0.15, -0.1) is 0 Å². The van der Waals surface area contributed by atoms with Crippen molar-refractivity contribution in [3.05, 3.63) is 180 Å². The minimum absolute atomic E-state index is 0.0167. The summed E-state index contributed by atoms with van der Waals surface area (Å²) in [7, 11) is 0. The summed E-state index contributed by atoms with van der Waals surface area (Å²) in [5, 5.41) is 40.3. The van der Waals surface area contributed by atoms with Crippen molar-refractivity contribution in [2.75, 3.05) is 13.1 Å². The summed E-state index contributed by atoms with van der Waals surface area (Å²) in [4.78, 5) is 114. The summed E-state index contributed by atoms with van der Waals surface area (Å²) < 4.78 is 0. The first kappa shape index (κ1) is 61.5. The normalized spacial score (nSPS) is 14.1. The van der Waals surface area contributed by atoms with E-state index in [0.29, 0.717) is 35.1 Å². The number of benzene rings is 5. The van der Waals surface area contributed by atoms with Crippen molar-refractivity contribution in [3.63, 3.8) is 0 Å². The van der Waals surface area contributed by atoms with Crippen molar-refractivity contribution >= 4 is 58.2 Å². The Labute approximate surface area is 471 Å². The zero-order valence-electron chi connectivity index (χ0n) is 45.4. The molecule has 81 heavy (non-hydrogen) atoms. The highest BCUT2D eigenvalue weighted by atomic mass is 16.4. The van der Waals surface area contributed by atoms with Crippen molar-refractivity contribution < 1.29 is 48.6 Å². The number of aliphatic carboxylic acids is 1. The molecule has 0 fully saturated rings. The van der Waals surface area contributed by atoms with Crippen LogP contribution >= 0.6 is 0 Å². The van der Waals surface area contributed by atoms with Crippen molar-refractivity contribution in [1.29, 1.82) is 0 Å². The van der Waals surface area contributed by atoms with E-state index < -0.39 is 95.7 Å². The Hall–Kier alpha value is -8.72. The molecule has 0 aliphatic heterocycles. The Balaban J connectivity index is 1.24. The van der Waals surface area contributed by atoms with Crippen LogP contribution in [0.3, 0.4) is 0 Å². The second-order valence-corrected chi connectivity index (χ2v) is 20.0. The molecule has 0 spiro atoms. The third-order valence-electron chi connectivity index (χ3n) is 13.6. The van der Waals surface area contributed by atoms with Gasteiger partial charge in [-0.05, 0) is 79.5 Å². The zero-order valence-corrected chi connectivity index (χ0v) is 45.4. The van der Waals surface area contributed by atoms with Crippen molar-refractivity contribution in [2.45, 2.75) is 120 Å². The summed E-state index contributed by atoms with van der Waals surface area (Å²) >= 11 is 0. The van der Waals surface area contributed by atoms with Crippen LogP contribution in [0.5, 0.6) is 0 Å². The lowest BCUT2D eigenvalue weighted by Crippen LogP contribution is -2.62. The lowest BCUT2D eigenvalue weighted by Gasteiger charge is -2.29. The fourth-order valence-electron chi connectivity index (χ4n) is 9.22. The third kappa shape index (κ3) is 19.9. The maximum Gasteiger partial charge on any atom is 0.303 e. The highest BCUT2D eigenvalue weighted by molar-refractivity contribution is 5.98. The molecule has 20 heteroatoms. The van der Waals surface area contributed by atoms with Gasteiger partial charge >= 0.3 is 5.97 Å². The van der Waals surface area contributed by atoms with Gasteiger partial charge in [0, 0.05) is 55.7 Å². The number of H-pyrrole nitrogens is 1. The van der Waals surface area contributed by atoms with E-state index >= 15 is 0 Å². The number of aromatic nitrogens is 1. The summed E-state index contributed by atoms with van der Waals surface area (Å²) in [6, 6.07) is 34.1. The van der Waals surface area contributed by atoms with Crippen LogP contribution < -0.4 is 48.7 Å². The average molecular weight is 1110 g/mol. The predicted octanol–water partition coefficient (Wildman–Crippen LogP) is 2.41. The number of hydrogen-bond acceptors (Lipinski definition) is 11. The Morgan fingerprint density at radius 3 is 1.40 bits per heavy atom. The Bertz CT molecular complexity index is 3000. The van der Waals surface area contributed by atoms with Gasteiger partial charge in [0.15, 0.2) is 0 Å². The van der Waals surface area contributed by atoms with Gasteiger partial charge in [-0.25, -0.2) is 0 Å². The molecule has 0 saturated carbocycles. The molecule has 0 radical (unpaired) electrons. The number of nitrogens with one attached hydrogen (secondary N) is 8. The minimum Gasteiger partial charge on any atom is -0.481 e. The van der Waals surface area contributed by atoms with Crippen LogP contribution in [0.15, 0.2) is 152 Å². The van der Waals surface area contributed by atoms with E-state index in [1.807, 2.05) is 60.7 Å². The molecule has 6 rings (SSSR count). The Kier molecular flexibility index (Phi) is 24.1. The first-order chi connectivity index (χ1) is 39.1. The largest absolute Gasteiger partial charge is 0.481 e. The second kappa shape index (κ2) is 31.8. The highest BCUT2D eigenvalue weighted by Gasteiger charge is 2.36. The molecule has 8 atom stereocenters. The number of unbranched alkanes of at least 4 members (excludes halogenated alkanes) is 1. The molecule has 0 unspecified atom stereocenters. The van der Waals surface area contributed by atoms with Crippen LogP contribution in [-0.4, -0.2) is 124 Å². The van der Waals surface area contributed by atoms with E-state index in [4.69, 9.17) is 16.6 Å². The Morgan fingerprint density at radius 1 is 0.481 bits per heavy atom. The second-order valence-electron chi connectivity index (χ2n) is 20.0. The molecule has 428 valence electrons. The molecule has 5 aromatic carbocycles. The van der Waals surface area contributed by atoms with Gasteiger partial charge in [0.2, 0.25) is 41.4 Å². The van der Waals surface area contributed by atoms with Crippen LogP contribution in [0.1, 0.15) is 66.8 Å². The van der Waals surface area contributed by atoms with Gasteiger partial charge in [-0.3, -0.25) is 38.4 Å². The van der Waals surface area contributed by atoms with Crippen molar-refractivity contribution in [2.24, 2.45) is 11.5 Å². The molecule has 0 bridgehead atoms. The molecule has 0 aliphatic carbocycles. The number of nitrogens with two attached hydrogens (primary N) is 2. The summed E-state index contributed by atoms with van der Waals surface area (Å²) in [5.74, 6) is -6.27. The number of carboxylic acids is 1. The molecule has 7 amide bonds. The first-order valence-electron chi connectivity index (χ1n) is 27.2. The van der Waals surface area contributed by atoms with E-state index in [0.717, 1.165) is 16.5 Å². The summed E-state index contributed by atoms with van der Waals surface area (Å²) in [6.45, 7) is 1.56. The number of aliphatic hydroxyl groups is 1. The zero-order chi connectivity index (χ0) is 58.1. The number of carbonyl (C=O) groups is 8. The van der Waals surface area contributed by atoms with E-state index in [2.05, 4.69) is 42.2 Å². The van der Waals surface area contributed by atoms with Crippen LogP contribution in [-0.2, 0) is 70.5 Å². The van der Waals surface area contributed by atoms with Gasteiger partial charge < -0.3 is 63.9 Å². The number of carboxylic acid groups (broad SMARTS) is 1. The van der Waals surface area contributed by atoms with Crippen molar-refractivity contribution in [1.82, 2.24) is 42.2 Å². The van der Waals surface area contributed by atoms with E-state index in [1.54, 1.807) is 91.1 Å². The van der Waals surface area contributed by atoms with Gasteiger partial charge in [0.1, 0.15) is 36.3 Å². The SMILES string of the molecule is C[C@@H](O)[C@H](NC(=O)[C@H](CCCCN)NC(=O)[C@@H](Cc1c[nH]c2ccccc12)NC(=O)[C@H](Cc1ccccc1)NC(=O)[C@@H](N)Cc1ccccc1)C(=O)N[C@@H](Cc1ccccc1)C(=O)N[C@@H](Cc1ccccc1)C(=O)NCCCC(=O)O. The first-order valence-corrected chi connectivity index (χ1v) is 27.2. The smallest absolute Gasteiger partial charge is 0.303 e. The topological polar surface area (TPSA) is 329 Å². The van der Waals surface area contributed by atoms with Crippen LogP contribution in [0.25, 0.3) is 10.9 Å². The summed E-state index contributed by atoms with van der Waals surface area (Å²) in [5.41, 5.74) is 16.6. The van der Waals surface area contributed by atoms with Crippen LogP contribution in [0.4, 0.5) is 0 Å². The number of rotatable bonds is 32. The van der Waals surface area contributed by atoms with Gasteiger partial charge in [-0.1, -0.05) is 140 Å². The lowest BCUT2D eigenvalue weighted by atomic mass is 10.00. The molecule has 14 N–H and O–H groups in total. The Morgan fingerprint density at radius 2 is 0.901 bits per heavy atom. The number of aromatic amines is 1. The van der Waals surface area contributed by atoms with E-state index in [1.165, 1.54) is 6.92 Å². The third-order valence-corrected chi connectivity index (χ3v) is 13.6. The molecular formula is C61H74N10O10. The minimum atomic E-state index is -1.69. The predicted molar refractivity (Wildman–Crippen MR) is 307 cm³/mol. The molecule has 0 aliphatic rings. The fraction of sp³-hybridized carbons (Fsp3) is 0.344. The van der Waals surface area contributed by atoms with Crippen molar-refractivity contribution in [3.8, 4) is 0 Å². The molecule has 0 saturated heterocycles. The maximum absolute atomic E-state index is 14.8. The maximum atomic E-state index is 14.8.